The van der Waals surface area contributed by atoms with Gasteiger partial charge in [0.05, 0.1) is 4.90 Å². The molecule has 0 saturated carbocycles. The quantitative estimate of drug-likeness (QED) is 0.521. The Labute approximate surface area is 133 Å². The van der Waals surface area contributed by atoms with Crippen molar-refractivity contribution in [2.75, 3.05) is 20.6 Å². The Morgan fingerprint density at radius 3 is 2.59 bits per heavy atom. The van der Waals surface area contributed by atoms with E-state index in [4.69, 9.17) is 0 Å². The smallest absolute Gasteiger partial charge is 0.240 e. The maximum Gasteiger partial charge on any atom is 0.240 e. The minimum atomic E-state index is -3.41. The van der Waals surface area contributed by atoms with Crippen LogP contribution in [0.4, 0.5) is 0 Å². The lowest BCUT2D eigenvalue weighted by molar-refractivity contribution is 0.573. The van der Waals surface area contributed by atoms with E-state index < -0.39 is 10.0 Å². The average Bonchev–Trinajstić information content (AvgIpc) is 2.50. The highest BCUT2D eigenvalue weighted by Crippen LogP contribution is 2.10. The summed E-state index contributed by atoms with van der Waals surface area (Å²) in [4.78, 5) is 4.41. The van der Waals surface area contributed by atoms with Gasteiger partial charge >= 0.3 is 0 Å². The zero-order valence-corrected chi connectivity index (χ0v) is 14.5. The Bertz CT molecular complexity index is 597. The number of hydrogen-bond acceptors (Lipinski definition) is 3. The van der Waals surface area contributed by atoms with Gasteiger partial charge in [-0.1, -0.05) is 26.0 Å². The molecule has 124 valence electrons. The van der Waals surface area contributed by atoms with Gasteiger partial charge in [-0.3, -0.25) is 4.99 Å². The fourth-order valence-electron chi connectivity index (χ4n) is 1.83. The van der Waals surface area contributed by atoms with Crippen LogP contribution in [-0.2, 0) is 16.6 Å². The summed E-state index contributed by atoms with van der Waals surface area (Å²) in [5.41, 5.74) is 0.878. The van der Waals surface area contributed by atoms with Crippen molar-refractivity contribution in [2.45, 2.75) is 31.7 Å². The van der Waals surface area contributed by atoms with Gasteiger partial charge in [0.15, 0.2) is 5.96 Å². The molecule has 0 bridgehead atoms. The number of nitrogens with zero attached hydrogens (tertiary/aromatic N) is 1. The van der Waals surface area contributed by atoms with Crippen molar-refractivity contribution < 1.29 is 8.42 Å². The molecular formula is C15H26N4O2S. The highest BCUT2D eigenvalue weighted by Gasteiger charge is 2.11. The monoisotopic (exact) mass is 326 g/mol. The molecule has 1 aromatic carbocycles. The van der Waals surface area contributed by atoms with E-state index in [1.165, 1.54) is 7.05 Å². The predicted octanol–water partition coefficient (Wildman–Crippen LogP) is 1.31. The molecule has 0 saturated heterocycles. The van der Waals surface area contributed by atoms with Crippen LogP contribution < -0.4 is 15.4 Å². The zero-order valence-electron chi connectivity index (χ0n) is 13.7. The van der Waals surface area contributed by atoms with Crippen LogP contribution in [-0.4, -0.2) is 35.0 Å². The average molecular weight is 326 g/mol. The van der Waals surface area contributed by atoms with Crippen molar-refractivity contribution in [2.24, 2.45) is 10.9 Å². The van der Waals surface area contributed by atoms with Crippen LogP contribution in [0.1, 0.15) is 25.8 Å². The van der Waals surface area contributed by atoms with Crippen LogP contribution in [0, 0.1) is 5.92 Å². The Balaban J connectivity index is 2.62. The van der Waals surface area contributed by atoms with E-state index in [9.17, 15) is 8.42 Å². The van der Waals surface area contributed by atoms with Gasteiger partial charge in [0, 0.05) is 20.1 Å². The first-order valence-corrected chi connectivity index (χ1v) is 8.84. The second kappa shape index (κ2) is 8.75. The third-order valence-electron chi connectivity index (χ3n) is 3.18. The zero-order chi connectivity index (χ0) is 16.6. The molecule has 0 spiro atoms. The summed E-state index contributed by atoms with van der Waals surface area (Å²) in [6.07, 6.45) is 1.07. The number of sulfonamides is 1. The maximum absolute atomic E-state index is 11.8. The van der Waals surface area contributed by atoms with Crippen LogP contribution in [0.3, 0.4) is 0 Å². The van der Waals surface area contributed by atoms with Crippen LogP contribution in [0.15, 0.2) is 34.2 Å². The maximum atomic E-state index is 11.8. The molecule has 0 aliphatic rings. The highest BCUT2D eigenvalue weighted by atomic mass is 32.2. The number of nitrogens with one attached hydrogen (secondary N) is 3. The second-order valence-corrected chi connectivity index (χ2v) is 7.28. The lowest BCUT2D eigenvalue weighted by Crippen LogP contribution is -2.37. The fourth-order valence-corrected chi connectivity index (χ4v) is 2.63. The van der Waals surface area contributed by atoms with Gasteiger partial charge in [-0.2, -0.15) is 0 Å². The standard InChI is InChI=1S/C15H26N4O2S/c1-12(2)8-9-18-15(16-3)19-11-13-6-5-7-14(10-13)22(20,21)17-4/h5-7,10,12,17H,8-9,11H2,1-4H3,(H2,16,18,19). The summed E-state index contributed by atoms with van der Waals surface area (Å²) >= 11 is 0. The predicted molar refractivity (Wildman–Crippen MR) is 90.3 cm³/mol. The number of guanidine groups is 1. The molecule has 0 heterocycles. The minimum Gasteiger partial charge on any atom is -0.356 e. The third kappa shape index (κ3) is 6.03. The van der Waals surface area contributed by atoms with Crippen LogP contribution in [0.2, 0.25) is 0 Å². The normalized spacial score (nSPS) is 12.5. The molecule has 3 N–H and O–H groups in total. The van der Waals surface area contributed by atoms with Gasteiger partial charge in [0.2, 0.25) is 10.0 Å². The second-order valence-electron chi connectivity index (χ2n) is 5.39. The van der Waals surface area contributed by atoms with E-state index >= 15 is 0 Å². The Kier molecular flexibility index (Phi) is 7.34. The summed E-state index contributed by atoms with van der Waals surface area (Å²) in [6.45, 7) is 5.71. The molecule has 1 aromatic rings. The fraction of sp³-hybridized carbons (Fsp3) is 0.533. The van der Waals surface area contributed by atoms with Crippen molar-refractivity contribution >= 4 is 16.0 Å². The van der Waals surface area contributed by atoms with Crippen LogP contribution in [0.5, 0.6) is 0 Å². The molecule has 0 fully saturated rings. The van der Waals surface area contributed by atoms with E-state index in [-0.39, 0.29) is 4.90 Å². The van der Waals surface area contributed by atoms with Gasteiger partial charge in [-0.25, -0.2) is 13.1 Å². The lowest BCUT2D eigenvalue weighted by Gasteiger charge is -2.13. The summed E-state index contributed by atoms with van der Waals surface area (Å²) in [5, 5.41) is 6.42. The topological polar surface area (TPSA) is 82.6 Å². The Hall–Kier alpha value is -1.60. The number of rotatable bonds is 7. The summed E-state index contributed by atoms with van der Waals surface area (Å²) in [7, 11) is -0.294. The molecule has 22 heavy (non-hydrogen) atoms. The van der Waals surface area contributed by atoms with Gasteiger partial charge in [0.25, 0.3) is 0 Å². The van der Waals surface area contributed by atoms with Gasteiger partial charge in [-0.05, 0) is 37.1 Å². The first kappa shape index (κ1) is 18.4. The van der Waals surface area contributed by atoms with Crippen molar-refractivity contribution in [3.8, 4) is 0 Å². The van der Waals surface area contributed by atoms with E-state index in [1.54, 1.807) is 25.2 Å². The van der Waals surface area contributed by atoms with Crippen LogP contribution in [0.25, 0.3) is 0 Å². The molecule has 0 aromatic heterocycles. The number of benzene rings is 1. The first-order valence-electron chi connectivity index (χ1n) is 7.36. The first-order chi connectivity index (χ1) is 10.4. The molecule has 0 atom stereocenters. The van der Waals surface area contributed by atoms with Crippen LogP contribution >= 0.6 is 0 Å². The van der Waals surface area contributed by atoms with Crippen molar-refractivity contribution in [1.29, 1.82) is 0 Å². The van der Waals surface area contributed by atoms with Crippen molar-refractivity contribution in [3.05, 3.63) is 29.8 Å². The van der Waals surface area contributed by atoms with E-state index in [1.807, 2.05) is 6.07 Å². The number of hydrogen-bond donors (Lipinski definition) is 3. The highest BCUT2D eigenvalue weighted by molar-refractivity contribution is 7.89. The SMILES string of the molecule is CN=C(NCCC(C)C)NCc1cccc(S(=O)(=O)NC)c1. The summed E-state index contributed by atoms with van der Waals surface area (Å²) in [5.74, 6) is 1.34. The van der Waals surface area contributed by atoms with E-state index in [0.29, 0.717) is 18.4 Å². The number of aliphatic imine (C=N–C) groups is 1. The third-order valence-corrected chi connectivity index (χ3v) is 4.59. The van der Waals surface area contributed by atoms with Crippen molar-refractivity contribution in [1.82, 2.24) is 15.4 Å². The molecule has 1 rings (SSSR count). The largest absolute Gasteiger partial charge is 0.356 e. The van der Waals surface area contributed by atoms with E-state index in [2.05, 4.69) is 34.2 Å². The van der Waals surface area contributed by atoms with E-state index in [0.717, 1.165) is 18.5 Å². The molecule has 0 aliphatic heterocycles. The molecule has 0 amide bonds. The summed E-state index contributed by atoms with van der Waals surface area (Å²) in [6, 6.07) is 6.84. The van der Waals surface area contributed by atoms with Gasteiger partial charge in [-0.15, -0.1) is 0 Å². The Morgan fingerprint density at radius 2 is 2.00 bits per heavy atom. The summed E-state index contributed by atoms with van der Waals surface area (Å²) < 4.78 is 25.9. The van der Waals surface area contributed by atoms with Crippen molar-refractivity contribution in [3.63, 3.8) is 0 Å². The molecule has 0 unspecified atom stereocenters. The van der Waals surface area contributed by atoms with Gasteiger partial charge in [0.1, 0.15) is 0 Å². The molecule has 7 heteroatoms. The molecule has 0 aliphatic carbocycles. The lowest BCUT2D eigenvalue weighted by atomic mass is 10.1. The minimum absolute atomic E-state index is 0.261. The van der Waals surface area contributed by atoms with Gasteiger partial charge < -0.3 is 10.6 Å². The molecule has 0 radical (unpaired) electrons. The Morgan fingerprint density at radius 1 is 1.27 bits per heavy atom. The molecule has 6 nitrogen and oxygen atoms in total. The molecular weight excluding hydrogens is 300 g/mol.